The Hall–Kier alpha value is -2.06. The molecule has 8 atom stereocenters. The van der Waals surface area contributed by atoms with Gasteiger partial charge in [0.05, 0.1) is 17.2 Å². The number of allylic oxidation sites excluding steroid dienone is 2. The lowest BCUT2D eigenvalue weighted by molar-refractivity contribution is -0.239. The van der Waals surface area contributed by atoms with Crippen molar-refractivity contribution in [2.45, 2.75) is 87.5 Å². The van der Waals surface area contributed by atoms with Gasteiger partial charge in [0.15, 0.2) is 5.67 Å². The maximum atomic E-state index is 17.1. The van der Waals surface area contributed by atoms with E-state index in [9.17, 15) is 10.2 Å². The van der Waals surface area contributed by atoms with Gasteiger partial charge in [0.2, 0.25) is 0 Å². The molecule has 3 heterocycles. The van der Waals surface area contributed by atoms with Gasteiger partial charge in [-0.15, -0.1) is 0 Å². The number of alkyl halides is 1. The SMILES string of the molecule is Cc1[nH]nc2cc(C3=CCC4C3(C)CCC3(F)C=C5C(O)C(O)C(N(C)C)CC56CCC43O6)ccc12. The number of ether oxygens (including phenoxy) is 1. The maximum Gasteiger partial charge on any atom is 0.158 e. The normalized spacial score (nSPS) is 45.3. The molecule has 3 aliphatic carbocycles. The lowest BCUT2D eigenvalue weighted by Gasteiger charge is -2.60. The number of hydrogen-bond acceptors (Lipinski definition) is 5. The van der Waals surface area contributed by atoms with E-state index in [0.717, 1.165) is 28.6 Å². The molecule has 6 nitrogen and oxygen atoms in total. The van der Waals surface area contributed by atoms with Crippen molar-refractivity contribution in [1.82, 2.24) is 15.1 Å². The number of halogens is 1. The number of aromatic amines is 1. The summed E-state index contributed by atoms with van der Waals surface area (Å²) in [5.74, 6) is 0.00865. The minimum absolute atomic E-state index is 0.00865. The van der Waals surface area contributed by atoms with Crippen LogP contribution in [0.2, 0.25) is 0 Å². The van der Waals surface area contributed by atoms with Crippen LogP contribution in [0.1, 0.15) is 56.7 Å². The van der Waals surface area contributed by atoms with E-state index in [2.05, 4.69) is 41.4 Å². The molecular weight excluding hydrogens is 457 g/mol. The number of rotatable bonds is 2. The van der Waals surface area contributed by atoms with Gasteiger partial charge in [-0.05, 0) is 93.8 Å². The Morgan fingerprint density at radius 1 is 1.17 bits per heavy atom. The predicted molar refractivity (Wildman–Crippen MR) is 136 cm³/mol. The fourth-order valence-corrected chi connectivity index (χ4v) is 8.74. The van der Waals surface area contributed by atoms with Gasteiger partial charge in [0, 0.05) is 23.0 Å². The highest BCUT2D eigenvalue weighted by atomic mass is 19.1. The zero-order valence-electron chi connectivity index (χ0n) is 21.5. The van der Waals surface area contributed by atoms with Crippen LogP contribution < -0.4 is 0 Å². The smallest absolute Gasteiger partial charge is 0.158 e. The number of fused-ring (bicyclic) bond motifs is 2. The molecule has 3 N–H and O–H groups in total. The standard InChI is InChI=1S/C29H36FN3O3/c1-16-18-6-5-17(13-21(18)32-31-16)19-7-8-23-26(19,2)9-11-28(30)14-20-24(34)25(35)22(33(3)4)15-27(20)10-12-29(23,28)36-27/h5-7,13-14,22-25,34-35H,8-12,15H2,1-4H3,(H,31,32). The average molecular weight is 494 g/mol. The number of aromatic nitrogens is 2. The van der Waals surface area contributed by atoms with Crippen LogP contribution in [0.15, 0.2) is 35.9 Å². The van der Waals surface area contributed by atoms with Crippen LogP contribution >= 0.6 is 0 Å². The zero-order chi connectivity index (χ0) is 25.3. The van der Waals surface area contributed by atoms with Crippen LogP contribution in [0, 0.1) is 18.3 Å². The summed E-state index contributed by atoms with van der Waals surface area (Å²) in [6.45, 7) is 4.32. The minimum atomic E-state index is -1.65. The van der Waals surface area contributed by atoms with Crippen molar-refractivity contribution < 1.29 is 19.3 Å². The highest BCUT2D eigenvalue weighted by Crippen LogP contribution is 2.71. The molecule has 7 heteroatoms. The lowest BCUT2D eigenvalue weighted by atomic mass is 9.53. The average Bonchev–Trinajstić information content (AvgIpc) is 3.50. The van der Waals surface area contributed by atoms with E-state index in [1.165, 1.54) is 5.57 Å². The summed E-state index contributed by atoms with van der Waals surface area (Å²) in [4.78, 5) is 1.96. The number of aliphatic hydroxyl groups excluding tert-OH is 2. The molecule has 2 aromatic rings. The second-order valence-electron chi connectivity index (χ2n) is 12.5. The number of aryl methyl sites for hydroxylation is 1. The van der Waals surface area contributed by atoms with E-state index in [-0.39, 0.29) is 17.4 Å². The van der Waals surface area contributed by atoms with Crippen molar-refractivity contribution >= 4 is 16.5 Å². The number of H-pyrrole nitrogens is 1. The van der Waals surface area contributed by atoms with Crippen molar-refractivity contribution in [2.24, 2.45) is 11.3 Å². The molecule has 1 saturated heterocycles. The molecule has 8 unspecified atom stereocenters. The number of aliphatic hydroxyl groups is 2. The third-order valence-corrected chi connectivity index (χ3v) is 10.7. The number of likely N-dealkylation sites (N-methyl/N-ethyl adjacent to an activating group) is 1. The van der Waals surface area contributed by atoms with Crippen LogP contribution in [0.3, 0.4) is 0 Å². The van der Waals surface area contributed by atoms with Crippen LogP contribution in [-0.4, -0.2) is 74.5 Å². The Balaban J connectivity index is 1.30. The van der Waals surface area contributed by atoms with Crippen LogP contribution in [-0.2, 0) is 4.74 Å². The van der Waals surface area contributed by atoms with E-state index in [4.69, 9.17) is 4.74 Å². The van der Waals surface area contributed by atoms with Gasteiger partial charge in [-0.25, -0.2) is 4.39 Å². The Morgan fingerprint density at radius 3 is 2.75 bits per heavy atom. The summed E-state index contributed by atoms with van der Waals surface area (Å²) in [5.41, 5.74) is 1.52. The highest BCUT2D eigenvalue weighted by Gasteiger charge is 2.74. The van der Waals surface area contributed by atoms with Gasteiger partial charge in [-0.1, -0.05) is 25.1 Å². The molecule has 2 bridgehead atoms. The van der Waals surface area contributed by atoms with Crippen molar-refractivity contribution in [2.75, 3.05) is 14.1 Å². The first kappa shape index (κ1) is 23.1. The van der Waals surface area contributed by atoms with Gasteiger partial charge in [-0.3, -0.25) is 5.10 Å². The first-order valence-electron chi connectivity index (χ1n) is 13.3. The Labute approximate surface area is 211 Å². The summed E-state index contributed by atoms with van der Waals surface area (Å²) in [6, 6.07) is 6.23. The molecule has 1 aromatic heterocycles. The summed E-state index contributed by atoms with van der Waals surface area (Å²) in [7, 11) is 3.84. The fraction of sp³-hybridized carbons (Fsp3) is 0.621. The number of benzene rings is 1. The highest BCUT2D eigenvalue weighted by molar-refractivity contribution is 5.86. The minimum Gasteiger partial charge on any atom is -0.388 e. The molecule has 192 valence electrons. The van der Waals surface area contributed by atoms with E-state index < -0.39 is 29.1 Å². The van der Waals surface area contributed by atoms with Gasteiger partial charge < -0.3 is 19.8 Å². The summed E-state index contributed by atoms with van der Waals surface area (Å²) < 4.78 is 24.2. The topological polar surface area (TPSA) is 81.6 Å². The van der Waals surface area contributed by atoms with Gasteiger partial charge in [-0.2, -0.15) is 5.10 Å². The van der Waals surface area contributed by atoms with Crippen molar-refractivity contribution in [3.8, 4) is 0 Å². The summed E-state index contributed by atoms with van der Waals surface area (Å²) >= 11 is 0. The molecule has 2 saturated carbocycles. The van der Waals surface area contributed by atoms with E-state index in [1.54, 1.807) is 6.08 Å². The van der Waals surface area contributed by atoms with Crippen molar-refractivity contribution in [1.29, 1.82) is 0 Å². The number of hydrogen-bond donors (Lipinski definition) is 3. The van der Waals surface area contributed by atoms with Crippen molar-refractivity contribution in [3.63, 3.8) is 0 Å². The largest absolute Gasteiger partial charge is 0.388 e. The monoisotopic (exact) mass is 493 g/mol. The number of nitrogens with one attached hydrogen (secondary N) is 1. The second kappa shape index (κ2) is 7.07. The first-order valence-corrected chi connectivity index (χ1v) is 13.3. The molecule has 0 radical (unpaired) electrons. The second-order valence-corrected chi connectivity index (χ2v) is 12.5. The number of nitrogens with zero attached hydrogens (tertiary/aromatic N) is 2. The van der Waals surface area contributed by atoms with Gasteiger partial charge in [0.1, 0.15) is 11.7 Å². The molecule has 5 aliphatic rings. The van der Waals surface area contributed by atoms with Crippen LogP contribution in [0.25, 0.3) is 16.5 Å². The van der Waals surface area contributed by atoms with E-state index >= 15 is 4.39 Å². The third kappa shape index (κ3) is 2.62. The Kier molecular flexibility index (Phi) is 4.53. The van der Waals surface area contributed by atoms with Crippen molar-refractivity contribution in [3.05, 3.63) is 47.2 Å². The molecule has 7 rings (SSSR count). The Bertz CT molecular complexity index is 1330. The molecule has 2 aliphatic heterocycles. The lowest BCUT2D eigenvalue weighted by Crippen LogP contribution is -2.68. The zero-order valence-corrected chi connectivity index (χ0v) is 21.5. The quantitative estimate of drug-likeness (QED) is 0.550. The van der Waals surface area contributed by atoms with Crippen LogP contribution in [0.5, 0.6) is 0 Å². The Morgan fingerprint density at radius 2 is 1.97 bits per heavy atom. The van der Waals surface area contributed by atoms with E-state index in [1.807, 2.05) is 25.9 Å². The molecule has 1 aromatic carbocycles. The molecule has 2 spiro atoms. The predicted octanol–water partition coefficient (Wildman–Crippen LogP) is 4.07. The maximum absolute atomic E-state index is 17.1. The van der Waals surface area contributed by atoms with E-state index in [0.29, 0.717) is 37.7 Å². The first-order chi connectivity index (χ1) is 17.0. The van der Waals surface area contributed by atoms with Gasteiger partial charge in [0.25, 0.3) is 0 Å². The fourth-order valence-electron chi connectivity index (χ4n) is 8.74. The molecule has 3 fully saturated rings. The molecule has 0 amide bonds. The molecule has 36 heavy (non-hydrogen) atoms. The van der Waals surface area contributed by atoms with Crippen LogP contribution in [0.4, 0.5) is 4.39 Å². The molecular formula is C29H36FN3O3. The summed E-state index contributed by atoms with van der Waals surface area (Å²) in [6.07, 6.45) is 5.65. The van der Waals surface area contributed by atoms with Gasteiger partial charge >= 0.3 is 0 Å². The summed E-state index contributed by atoms with van der Waals surface area (Å²) in [5, 5.41) is 30.7. The third-order valence-electron chi connectivity index (χ3n) is 10.7.